The van der Waals surface area contributed by atoms with Gasteiger partial charge < -0.3 is 14.2 Å². The smallest absolute Gasteiger partial charge is 0.266 e. The van der Waals surface area contributed by atoms with E-state index in [0.29, 0.717) is 32.9 Å². The molecule has 1 amide bonds. The molecule has 0 saturated carbocycles. The Morgan fingerprint density at radius 1 is 0.906 bits per heavy atom. The number of anilines is 1. The molecule has 0 spiro atoms. The zero-order chi connectivity index (χ0) is 22.7. The summed E-state index contributed by atoms with van der Waals surface area (Å²) in [7, 11) is 4.71. The topological polar surface area (TPSA) is 48.0 Å². The van der Waals surface area contributed by atoms with Gasteiger partial charge >= 0.3 is 0 Å². The van der Waals surface area contributed by atoms with Gasteiger partial charge in [-0.3, -0.25) is 9.69 Å². The van der Waals surface area contributed by atoms with Crippen molar-refractivity contribution in [3.63, 3.8) is 0 Å². The molecule has 1 unspecified atom stereocenters. The summed E-state index contributed by atoms with van der Waals surface area (Å²) in [5.41, 5.74) is 2.51. The molecule has 1 aliphatic heterocycles. The number of methoxy groups -OCH3 is 3. The van der Waals surface area contributed by atoms with Gasteiger partial charge in [-0.2, -0.15) is 0 Å². The third-order valence-electron chi connectivity index (χ3n) is 5.06. The number of ether oxygens (including phenoxy) is 3. The normalized spacial score (nSPS) is 17.0. The van der Waals surface area contributed by atoms with E-state index in [-0.39, 0.29) is 11.3 Å². The Labute approximate surface area is 196 Å². The molecule has 164 valence electrons. The van der Waals surface area contributed by atoms with Gasteiger partial charge in [-0.15, -0.1) is 0 Å². The van der Waals surface area contributed by atoms with E-state index in [2.05, 4.69) is 0 Å². The van der Waals surface area contributed by atoms with Crippen molar-refractivity contribution >= 4 is 41.0 Å². The van der Waals surface area contributed by atoms with Crippen LogP contribution in [0.1, 0.15) is 16.5 Å². The Bertz CT molecular complexity index is 1140. The summed E-state index contributed by atoms with van der Waals surface area (Å²) in [6.07, 6.45) is 1.91. The van der Waals surface area contributed by atoms with Gasteiger partial charge in [0.15, 0.2) is 11.5 Å². The molecule has 0 aliphatic carbocycles. The van der Waals surface area contributed by atoms with E-state index in [1.165, 1.54) is 11.8 Å². The molecule has 4 rings (SSSR count). The largest absolute Gasteiger partial charge is 0.493 e. The zero-order valence-corrected chi connectivity index (χ0v) is 19.4. The second-order valence-electron chi connectivity index (χ2n) is 7.00. The molecule has 32 heavy (non-hydrogen) atoms. The molecular weight excluding hydrogens is 446 g/mol. The Hall–Kier alpha value is -3.09. The quantitative estimate of drug-likeness (QED) is 0.405. The van der Waals surface area contributed by atoms with Crippen LogP contribution in [0.5, 0.6) is 17.2 Å². The molecule has 1 saturated heterocycles. The molecule has 3 aromatic rings. The van der Waals surface area contributed by atoms with Crippen LogP contribution in [0.4, 0.5) is 5.69 Å². The minimum absolute atomic E-state index is 0.0973. The molecule has 3 aromatic carbocycles. The first-order valence-corrected chi connectivity index (χ1v) is 11.1. The van der Waals surface area contributed by atoms with Crippen LogP contribution >= 0.6 is 23.4 Å². The summed E-state index contributed by atoms with van der Waals surface area (Å²) >= 11 is 7.72. The number of nitrogens with zero attached hydrogens (tertiary/aromatic N) is 1. The first-order valence-electron chi connectivity index (χ1n) is 9.88. The van der Waals surface area contributed by atoms with Gasteiger partial charge in [0.1, 0.15) is 5.37 Å². The van der Waals surface area contributed by atoms with Crippen molar-refractivity contribution in [2.45, 2.75) is 5.37 Å². The maximum Gasteiger partial charge on any atom is 0.266 e. The van der Waals surface area contributed by atoms with E-state index in [9.17, 15) is 4.79 Å². The lowest BCUT2D eigenvalue weighted by Gasteiger charge is -2.25. The van der Waals surface area contributed by atoms with Gasteiger partial charge in [-0.1, -0.05) is 59.8 Å². The molecule has 1 heterocycles. The van der Waals surface area contributed by atoms with E-state index >= 15 is 0 Å². The van der Waals surface area contributed by atoms with Gasteiger partial charge in [-0.05, 0) is 47.5 Å². The molecule has 5 nitrogen and oxygen atoms in total. The third kappa shape index (κ3) is 4.29. The highest BCUT2D eigenvalue weighted by atomic mass is 35.5. The number of thioether (sulfide) groups is 1. The average molecular weight is 468 g/mol. The summed E-state index contributed by atoms with van der Waals surface area (Å²) in [6.45, 7) is 0. The number of rotatable bonds is 6. The summed E-state index contributed by atoms with van der Waals surface area (Å²) in [5.74, 6) is 1.46. The highest BCUT2D eigenvalue weighted by molar-refractivity contribution is 8.05. The van der Waals surface area contributed by atoms with Crippen molar-refractivity contribution in [3.05, 3.63) is 87.8 Å². The maximum atomic E-state index is 13.5. The van der Waals surface area contributed by atoms with Gasteiger partial charge in [0.05, 0.1) is 26.2 Å². The molecule has 1 aliphatic rings. The number of benzene rings is 3. The molecule has 0 aromatic heterocycles. The summed E-state index contributed by atoms with van der Waals surface area (Å²) in [4.78, 5) is 15.9. The van der Waals surface area contributed by atoms with Crippen molar-refractivity contribution < 1.29 is 19.0 Å². The zero-order valence-electron chi connectivity index (χ0n) is 17.9. The first kappa shape index (κ1) is 22.1. The van der Waals surface area contributed by atoms with Crippen LogP contribution < -0.4 is 19.1 Å². The SMILES string of the molecule is COc1cc(C2SC(=Cc3ccccc3)C(=O)N2c2cccc(Cl)c2)cc(OC)c1OC. The lowest BCUT2D eigenvalue weighted by molar-refractivity contribution is -0.114. The van der Waals surface area contributed by atoms with Crippen LogP contribution in [0, 0.1) is 0 Å². The Morgan fingerprint density at radius 2 is 1.59 bits per heavy atom. The van der Waals surface area contributed by atoms with Crippen LogP contribution in [0.2, 0.25) is 5.02 Å². The molecule has 1 fully saturated rings. The van der Waals surface area contributed by atoms with Crippen LogP contribution in [0.25, 0.3) is 6.08 Å². The summed E-state index contributed by atoms with van der Waals surface area (Å²) in [5, 5.41) is 0.217. The number of hydrogen-bond acceptors (Lipinski definition) is 5. The monoisotopic (exact) mass is 467 g/mol. The van der Waals surface area contributed by atoms with Crippen molar-refractivity contribution in [2.24, 2.45) is 0 Å². The van der Waals surface area contributed by atoms with E-state index in [1.54, 1.807) is 38.4 Å². The molecular formula is C25H22ClNO4S. The molecule has 1 atom stereocenters. The predicted octanol–water partition coefficient (Wildman–Crippen LogP) is 6.19. The number of hydrogen-bond donors (Lipinski definition) is 0. The standard InChI is InChI=1S/C25H22ClNO4S/c1-29-20-13-17(14-21(30-2)23(20)31-3)25-27(19-11-7-10-18(26)15-19)24(28)22(32-25)12-16-8-5-4-6-9-16/h4-15,25H,1-3H3. The van der Waals surface area contributed by atoms with Crippen LogP contribution in [-0.4, -0.2) is 27.2 Å². The van der Waals surface area contributed by atoms with Crippen molar-refractivity contribution in [3.8, 4) is 17.2 Å². The molecule has 7 heteroatoms. The number of carbonyl (C=O) groups is 1. The van der Waals surface area contributed by atoms with Crippen molar-refractivity contribution in [1.29, 1.82) is 0 Å². The van der Waals surface area contributed by atoms with Gasteiger partial charge in [0.25, 0.3) is 5.91 Å². The fourth-order valence-corrected chi connectivity index (χ4v) is 5.01. The van der Waals surface area contributed by atoms with E-state index in [1.807, 2.05) is 60.7 Å². The second-order valence-corrected chi connectivity index (χ2v) is 8.56. The average Bonchev–Trinajstić information content (AvgIpc) is 3.14. The second kappa shape index (κ2) is 9.59. The summed E-state index contributed by atoms with van der Waals surface area (Å²) < 4.78 is 16.5. The summed E-state index contributed by atoms with van der Waals surface area (Å²) in [6, 6.07) is 20.8. The van der Waals surface area contributed by atoms with Crippen molar-refractivity contribution in [1.82, 2.24) is 0 Å². The van der Waals surface area contributed by atoms with Gasteiger partial charge in [0, 0.05) is 10.7 Å². The predicted molar refractivity (Wildman–Crippen MR) is 130 cm³/mol. The number of carbonyl (C=O) groups excluding carboxylic acids is 1. The van der Waals surface area contributed by atoms with Crippen LogP contribution in [0.3, 0.4) is 0 Å². The first-order chi connectivity index (χ1) is 15.5. The maximum absolute atomic E-state index is 13.5. The number of halogens is 1. The van der Waals surface area contributed by atoms with E-state index < -0.39 is 0 Å². The fourth-order valence-electron chi connectivity index (χ4n) is 3.58. The highest BCUT2D eigenvalue weighted by Gasteiger charge is 2.39. The van der Waals surface area contributed by atoms with Gasteiger partial charge in [-0.25, -0.2) is 0 Å². The van der Waals surface area contributed by atoms with Crippen molar-refractivity contribution in [2.75, 3.05) is 26.2 Å². The Morgan fingerprint density at radius 3 is 2.19 bits per heavy atom. The lowest BCUT2D eigenvalue weighted by atomic mass is 10.1. The lowest BCUT2D eigenvalue weighted by Crippen LogP contribution is -2.27. The Balaban J connectivity index is 1.84. The molecule has 0 bridgehead atoms. The minimum atomic E-state index is -0.343. The van der Waals surface area contributed by atoms with Gasteiger partial charge in [0.2, 0.25) is 5.75 Å². The van der Waals surface area contributed by atoms with Crippen LogP contribution in [-0.2, 0) is 4.79 Å². The minimum Gasteiger partial charge on any atom is -0.493 e. The highest BCUT2D eigenvalue weighted by Crippen LogP contribution is 2.51. The number of amides is 1. The molecule has 0 radical (unpaired) electrons. The third-order valence-corrected chi connectivity index (χ3v) is 6.55. The Kier molecular flexibility index (Phi) is 6.63. The molecule has 0 N–H and O–H groups in total. The van der Waals surface area contributed by atoms with E-state index in [0.717, 1.165) is 11.1 Å². The van der Waals surface area contributed by atoms with E-state index in [4.69, 9.17) is 25.8 Å². The fraction of sp³-hybridized carbons (Fsp3) is 0.160. The van der Waals surface area contributed by atoms with Crippen LogP contribution in [0.15, 0.2) is 71.6 Å².